The van der Waals surface area contributed by atoms with Crippen LogP contribution in [0.2, 0.25) is 5.02 Å². The third-order valence-corrected chi connectivity index (χ3v) is 4.19. The first kappa shape index (κ1) is 15.8. The predicted molar refractivity (Wildman–Crippen MR) is 85.5 cm³/mol. The van der Waals surface area contributed by atoms with Gasteiger partial charge in [0.15, 0.2) is 0 Å². The Balaban J connectivity index is 1.52. The fourth-order valence-corrected chi connectivity index (χ4v) is 2.77. The Morgan fingerprint density at radius 3 is 2.55 bits per heavy atom. The zero-order chi connectivity index (χ0) is 14.4. The van der Waals surface area contributed by atoms with Crippen molar-refractivity contribution < 1.29 is 4.74 Å². The summed E-state index contributed by atoms with van der Waals surface area (Å²) in [5, 5.41) is 4.46. The highest BCUT2D eigenvalue weighted by atomic mass is 35.5. The summed E-state index contributed by atoms with van der Waals surface area (Å²) in [4.78, 5) is 0. The first-order valence-electron chi connectivity index (χ1n) is 7.75. The molecule has 0 radical (unpaired) electrons. The van der Waals surface area contributed by atoms with E-state index in [9.17, 15) is 0 Å². The molecule has 0 spiro atoms. The van der Waals surface area contributed by atoms with Gasteiger partial charge in [0, 0.05) is 17.7 Å². The normalized spacial score (nSPS) is 22.0. The van der Waals surface area contributed by atoms with Crippen LogP contribution in [0.3, 0.4) is 0 Å². The van der Waals surface area contributed by atoms with Crippen LogP contribution in [0.1, 0.15) is 51.0 Å². The van der Waals surface area contributed by atoms with E-state index in [4.69, 9.17) is 16.3 Å². The van der Waals surface area contributed by atoms with Crippen molar-refractivity contribution in [2.75, 3.05) is 13.2 Å². The molecule has 0 unspecified atom stereocenters. The largest absolute Gasteiger partial charge is 0.379 e. The third-order valence-electron chi connectivity index (χ3n) is 3.93. The SMILES string of the molecule is CC(C)OCCCCNC1CC(c2ccc(Cl)cc2)C1. The minimum absolute atomic E-state index is 0.356. The summed E-state index contributed by atoms with van der Waals surface area (Å²) < 4.78 is 5.54. The molecule has 1 N–H and O–H groups in total. The molecular formula is C17H26ClNO. The van der Waals surface area contributed by atoms with Gasteiger partial charge in [0.1, 0.15) is 0 Å². The molecule has 1 aliphatic carbocycles. The van der Waals surface area contributed by atoms with E-state index in [-0.39, 0.29) is 0 Å². The van der Waals surface area contributed by atoms with Crippen molar-refractivity contribution in [3.05, 3.63) is 34.9 Å². The summed E-state index contributed by atoms with van der Waals surface area (Å²) in [6.45, 7) is 6.17. The number of nitrogens with one attached hydrogen (secondary N) is 1. The average molecular weight is 296 g/mol. The summed E-state index contributed by atoms with van der Waals surface area (Å²) in [7, 11) is 0. The minimum atomic E-state index is 0.356. The van der Waals surface area contributed by atoms with Gasteiger partial charge in [-0.05, 0) is 69.7 Å². The van der Waals surface area contributed by atoms with Crippen LogP contribution in [-0.4, -0.2) is 25.3 Å². The van der Waals surface area contributed by atoms with Crippen molar-refractivity contribution in [2.45, 2.75) is 57.6 Å². The van der Waals surface area contributed by atoms with E-state index in [1.54, 1.807) is 0 Å². The van der Waals surface area contributed by atoms with Gasteiger partial charge < -0.3 is 10.1 Å². The number of unbranched alkanes of at least 4 members (excludes halogenated alkanes) is 1. The van der Waals surface area contributed by atoms with Gasteiger partial charge in [-0.3, -0.25) is 0 Å². The second-order valence-electron chi connectivity index (χ2n) is 6.00. The number of benzene rings is 1. The van der Waals surface area contributed by atoms with E-state index < -0.39 is 0 Å². The molecule has 0 aromatic heterocycles. The van der Waals surface area contributed by atoms with E-state index in [1.807, 2.05) is 12.1 Å². The molecule has 0 aliphatic heterocycles. The lowest BCUT2D eigenvalue weighted by atomic mass is 9.76. The maximum Gasteiger partial charge on any atom is 0.0518 e. The van der Waals surface area contributed by atoms with Gasteiger partial charge in [0.25, 0.3) is 0 Å². The molecule has 0 heterocycles. The highest BCUT2D eigenvalue weighted by molar-refractivity contribution is 6.30. The van der Waals surface area contributed by atoms with Crippen LogP contribution in [0.25, 0.3) is 0 Å². The van der Waals surface area contributed by atoms with Gasteiger partial charge in [0.05, 0.1) is 6.10 Å². The van der Waals surface area contributed by atoms with Gasteiger partial charge in [-0.1, -0.05) is 23.7 Å². The number of halogens is 1. The van der Waals surface area contributed by atoms with E-state index in [0.717, 1.165) is 24.6 Å². The number of rotatable bonds is 8. The quantitative estimate of drug-likeness (QED) is 0.719. The second kappa shape index (κ2) is 8.02. The van der Waals surface area contributed by atoms with Gasteiger partial charge in [0.2, 0.25) is 0 Å². The second-order valence-corrected chi connectivity index (χ2v) is 6.43. The van der Waals surface area contributed by atoms with E-state index in [0.29, 0.717) is 18.1 Å². The summed E-state index contributed by atoms with van der Waals surface area (Å²) in [5.74, 6) is 0.717. The molecule has 2 nitrogen and oxygen atoms in total. The van der Waals surface area contributed by atoms with Crippen molar-refractivity contribution >= 4 is 11.6 Å². The van der Waals surface area contributed by atoms with Crippen LogP contribution in [0.4, 0.5) is 0 Å². The minimum Gasteiger partial charge on any atom is -0.379 e. The van der Waals surface area contributed by atoms with Crippen molar-refractivity contribution in [1.29, 1.82) is 0 Å². The zero-order valence-corrected chi connectivity index (χ0v) is 13.3. The lowest BCUT2D eigenvalue weighted by Crippen LogP contribution is -2.40. The van der Waals surface area contributed by atoms with E-state index in [1.165, 1.54) is 24.8 Å². The standard InChI is InChI=1S/C17H26ClNO/c1-13(2)20-10-4-3-9-19-17-11-15(12-17)14-5-7-16(18)8-6-14/h5-8,13,15,17,19H,3-4,9-12H2,1-2H3. The van der Waals surface area contributed by atoms with E-state index in [2.05, 4.69) is 31.3 Å². The Hall–Kier alpha value is -0.570. The Labute approximate surface area is 127 Å². The summed E-state index contributed by atoms with van der Waals surface area (Å²) in [6.07, 6.45) is 5.22. The highest BCUT2D eigenvalue weighted by Gasteiger charge is 2.29. The van der Waals surface area contributed by atoms with Gasteiger partial charge in [-0.2, -0.15) is 0 Å². The predicted octanol–water partition coefficient (Wildman–Crippen LogP) is 4.38. The Bertz CT molecular complexity index is 384. The molecule has 3 heteroatoms. The lowest BCUT2D eigenvalue weighted by molar-refractivity contribution is 0.0757. The molecule has 1 aromatic rings. The molecule has 0 saturated heterocycles. The molecule has 1 aromatic carbocycles. The average Bonchev–Trinajstić information content (AvgIpc) is 2.37. The molecule has 1 fully saturated rings. The molecule has 0 atom stereocenters. The molecule has 112 valence electrons. The number of ether oxygens (including phenoxy) is 1. The van der Waals surface area contributed by atoms with E-state index >= 15 is 0 Å². The molecular weight excluding hydrogens is 270 g/mol. The molecule has 20 heavy (non-hydrogen) atoms. The Morgan fingerprint density at radius 2 is 1.90 bits per heavy atom. The fourth-order valence-electron chi connectivity index (χ4n) is 2.64. The Kier molecular flexibility index (Phi) is 6.34. The van der Waals surface area contributed by atoms with Crippen LogP contribution in [0.5, 0.6) is 0 Å². The van der Waals surface area contributed by atoms with Crippen LogP contribution in [-0.2, 0) is 4.74 Å². The number of hydrogen-bond donors (Lipinski definition) is 1. The first-order chi connectivity index (χ1) is 9.65. The van der Waals surface area contributed by atoms with Crippen molar-refractivity contribution in [2.24, 2.45) is 0 Å². The summed E-state index contributed by atoms with van der Waals surface area (Å²) >= 11 is 5.91. The smallest absolute Gasteiger partial charge is 0.0518 e. The maximum atomic E-state index is 5.91. The van der Waals surface area contributed by atoms with Crippen molar-refractivity contribution in [1.82, 2.24) is 5.32 Å². The van der Waals surface area contributed by atoms with Crippen LogP contribution < -0.4 is 5.32 Å². The topological polar surface area (TPSA) is 21.3 Å². The monoisotopic (exact) mass is 295 g/mol. The van der Waals surface area contributed by atoms with Gasteiger partial charge in [-0.25, -0.2) is 0 Å². The maximum absolute atomic E-state index is 5.91. The van der Waals surface area contributed by atoms with Crippen molar-refractivity contribution in [3.8, 4) is 0 Å². The molecule has 2 rings (SSSR count). The van der Waals surface area contributed by atoms with Crippen LogP contribution >= 0.6 is 11.6 Å². The fraction of sp³-hybridized carbons (Fsp3) is 0.647. The highest BCUT2D eigenvalue weighted by Crippen LogP contribution is 2.37. The molecule has 1 aliphatic rings. The third kappa shape index (κ3) is 5.08. The summed E-state index contributed by atoms with van der Waals surface area (Å²) in [5.41, 5.74) is 1.43. The molecule has 0 amide bonds. The number of hydrogen-bond acceptors (Lipinski definition) is 2. The van der Waals surface area contributed by atoms with Crippen LogP contribution in [0, 0.1) is 0 Å². The lowest BCUT2D eigenvalue weighted by Gasteiger charge is -2.36. The summed E-state index contributed by atoms with van der Waals surface area (Å²) in [6, 6.07) is 9.00. The first-order valence-corrected chi connectivity index (χ1v) is 8.13. The van der Waals surface area contributed by atoms with Gasteiger partial charge >= 0.3 is 0 Å². The molecule has 0 bridgehead atoms. The van der Waals surface area contributed by atoms with Crippen LogP contribution in [0.15, 0.2) is 24.3 Å². The Morgan fingerprint density at radius 1 is 1.20 bits per heavy atom. The van der Waals surface area contributed by atoms with Gasteiger partial charge in [-0.15, -0.1) is 0 Å². The van der Waals surface area contributed by atoms with Crippen molar-refractivity contribution in [3.63, 3.8) is 0 Å². The molecule has 1 saturated carbocycles. The zero-order valence-electron chi connectivity index (χ0n) is 12.6.